The monoisotopic (exact) mass is 329 g/mol. The number of nitrogens with zero attached hydrogens (tertiary/aromatic N) is 5. The van der Waals surface area contributed by atoms with Crippen molar-refractivity contribution in [2.45, 2.75) is 33.6 Å². The van der Waals surface area contributed by atoms with Gasteiger partial charge in [0.25, 0.3) is 5.95 Å². The van der Waals surface area contributed by atoms with Gasteiger partial charge in [0.2, 0.25) is 0 Å². The summed E-state index contributed by atoms with van der Waals surface area (Å²) in [6.45, 7) is 8.09. The summed E-state index contributed by atoms with van der Waals surface area (Å²) in [6, 6.07) is 0. The Morgan fingerprint density at radius 2 is 2.08 bits per heavy atom. The van der Waals surface area contributed by atoms with Crippen molar-refractivity contribution in [1.29, 1.82) is 0 Å². The van der Waals surface area contributed by atoms with Gasteiger partial charge >= 0.3 is 5.97 Å². The number of hydrogen-bond donors (Lipinski definition) is 0. The fourth-order valence-electron chi connectivity index (χ4n) is 2.81. The minimum atomic E-state index is -0.380. The molecule has 2 aromatic rings. The topological polar surface area (TPSA) is 73.1 Å². The van der Waals surface area contributed by atoms with E-state index in [1.54, 1.807) is 24.0 Å². The smallest absolute Gasteiger partial charge is 0.343 e. The maximum Gasteiger partial charge on any atom is 0.343 e. The molecule has 0 spiro atoms. The Morgan fingerprint density at radius 1 is 1.33 bits per heavy atom. The minimum Gasteiger partial charge on any atom is -0.462 e. The molecule has 2 aromatic heterocycles. The summed E-state index contributed by atoms with van der Waals surface area (Å²) in [5.41, 5.74) is 1.44. The molecule has 0 aromatic carbocycles. The van der Waals surface area contributed by atoms with Crippen LogP contribution >= 0.6 is 0 Å². The van der Waals surface area contributed by atoms with E-state index in [9.17, 15) is 4.79 Å². The Balaban J connectivity index is 1.98. The van der Waals surface area contributed by atoms with Crippen molar-refractivity contribution in [2.75, 3.05) is 24.6 Å². The van der Waals surface area contributed by atoms with Crippen molar-refractivity contribution in [2.24, 2.45) is 5.92 Å². The molecule has 3 heterocycles. The standard InChI is InChI=1S/C17H23N5O2/c1-4-24-16(23)14-10-18-17(22-11-13(3)9-19-22)20-15(14)21-7-5-12(2)6-8-21/h9-12H,4-8H2,1-3H3. The highest BCUT2D eigenvalue weighted by molar-refractivity contribution is 5.94. The molecule has 0 amide bonds. The molecule has 0 N–H and O–H groups in total. The summed E-state index contributed by atoms with van der Waals surface area (Å²) in [6.07, 6.45) is 7.34. The van der Waals surface area contributed by atoms with E-state index in [1.807, 2.05) is 13.1 Å². The number of rotatable bonds is 4. The summed E-state index contributed by atoms with van der Waals surface area (Å²) < 4.78 is 6.79. The van der Waals surface area contributed by atoms with Gasteiger partial charge < -0.3 is 9.64 Å². The minimum absolute atomic E-state index is 0.329. The second-order valence-corrected chi connectivity index (χ2v) is 6.26. The third-order valence-electron chi connectivity index (χ3n) is 4.25. The lowest BCUT2D eigenvalue weighted by Crippen LogP contribution is -2.35. The molecule has 24 heavy (non-hydrogen) atoms. The molecule has 0 unspecified atom stereocenters. The van der Waals surface area contributed by atoms with Crippen molar-refractivity contribution in [3.63, 3.8) is 0 Å². The van der Waals surface area contributed by atoms with Crippen LogP contribution in [0.25, 0.3) is 5.95 Å². The second-order valence-electron chi connectivity index (χ2n) is 6.26. The van der Waals surface area contributed by atoms with Crippen LogP contribution in [0.4, 0.5) is 5.82 Å². The molecule has 0 atom stereocenters. The average Bonchev–Trinajstić information content (AvgIpc) is 3.02. The zero-order valence-electron chi connectivity index (χ0n) is 14.4. The first-order valence-electron chi connectivity index (χ1n) is 8.39. The van der Waals surface area contributed by atoms with E-state index in [0.717, 1.165) is 31.5 Å². The lowest BCUT2D eigenvalue weighted by molar-refractivity contribution is 0.0526. The highest BCUT2D eigenvalue weighted by Gasteiger charge is 2.24. The van der Waals surface area contributed by atoms with Crippen LogP contribution in [0.1, 0.15) is 42.6 Å². The quantitative estimate of drug-likeness (QED) is 0.802. The van der Waals surface area contributed by atoms with Crippen LogP contribution in [-0.4, -0.2) is 45.4 Å². The van der Waals surface area contributed by atoms with Crippen molar-refractivity contribution in [1.82, 2.24) is 19.7 Å². The first-order valence-corrected chi connectivity index (χ1v) is 8.39. The molecule has 3 rings (SSSR count). The summed E-state index contributed by atoms with van der Waals surface area (Å²) in [5.74, 6) is 1.42. The van der Waals surface area contributed by atoms with E-state index in [0.29, 0.717) is 29.9 Å². The fourth-order valence-corrected chi connectivity index (χ4v) is 2.81. The van der Waals surface area contributed by atoms with Gasteiger partial charge in [0.1, 0.15) is 11.4 Å². The number of aryl methyl sites for hydroxylation is 1. The predicted octanol–water partition coefficient (Wildman–Crippen LogP) is 2.38. The molecule has 7 heteroatoms. The Morgan fingerprint density at radius 3 is 2.71 bits per heavy atom. The molecule has 7 nitrogen and oxygen atoms in total. The maximum atomic E-state index is 12.3. The second kappa shape index (κ2) is 6.98. The number of esters is 1. The van der Waals surface area contributed by atoms with E-state index in [1.165, 1.54) is 0 Å². The SMILES string of the molecule is CCOC(=O)c1cnc(-n2cc(C)cn2)nc1N1CCC(C)CC1. The Kier molecular flexibility index (Phi) is 4.78. The predicted molar refractivity (Wildman–Crippen MR) is 90.5 cm³/mol. The number of anilines is 1. The van der Waals surface area contributed by atoms with E-state index >= 15 is 0 Å². The Labute approximate surface area is 141 Å². The van der Waals surface area contributed by atoms with Crippen molar-refractivity contribution in [3.8, 4) is 5.95 Å². The summed E-state index contributed by atoms with van der Waals surface area (Å²) >= 11 is 0. The van der Waals surface area contributed by atoms with Crippen LogP contribution in [0.3, 0.4) is 0 Å². The van der Waals surface area contributed by atoms with Crippen molar-refractivity contribution < 1.29 is 9.53 Å². The highest BCUT2D eigenvalue weighted by Crippen LogP contribution is 2.25. The Bertz CT molecular complexity index is 720. The molecule has 128 valence electrons. The number of carbonyl (C=O) groups excluding carboxylic acids is 1. The van der Waals surface area contributed by atoms with Crippen molar-refractivity contribution >= 4 is 11.8 Å². The summed E-state index contributed by atoms with van der Waals surface area (Å²) in [7, 11) is 0. The molecular formula is C17H23N5O2. The number of hydrogen-bond acceptors (Lipinski definition) is 6. The van der Waals surface area contributed by atoms with Gasteiger partial charge in [-0.05, 0) is 38.2 Å². The lowest BCUT2D eigenvalue weighted by atomic mass is 9.99. The van der Waals surface area contributed by atoms with Gasteiger partial charge in [0.15, 0.2) is 0 Å². The van der Waals surface area contributed by atoms with Crippen LogP contribution in [0.5, 0.6) is 0 Å². The maximum absolute atomic E-state index is 12.3. The van der Waals surface area contributed by atoms with E-state index in [2.05, 4.69) is 26.9 Å². The van der Waals surface area contributed by atoms with Crippen LogP contribution in [0.2, 0.25) is 0 Å². The first-order chi connectivity index (χ1) is 11.6. The van der Waals surface area contributed by atoms with Gasteiger partial charge in [0, 0.05) is 25.5 Å². The highest BCUT2D eigenvalue weighted by atomic mass is 16.5. The van der Waals surface area contributed by atoms with Gasteiger partial charge in [-0.2, -0.15) is 10.1 Å². The zero-order valence-corrected chi connectivity index (χ0v) is 14.4. The number of piperidine rings is 1. The van der Waals surface area contributed by atoms with E-state index in [4.69, 9.17) is 4.74 Å². The first kappa shape index (κ1) is 16.4. The normalized spacial score (nSPS) is 15.5. The third kappa shape index (κ3) is 3.39. The van der Waals surface area contributed by atoms with Crippen LogP contribution in [0.15, 0.2) is 18.6 Å². The van der Waals surface area contributed by atoms with Crippen LogP contribution < -0.4 is 4.90 Å². The molecule has 1 aliphatic heterocycles. The molecule has 1 aliphatic rings. The molecule has 1 fully saturated rings. The molecular weight excluding hydrogens is 306 g/mol. The average molecular weight is 329 g/mol. The number of ether oxygens (including phenoxy) is 1. The van der Waals surface area contributed by atoms with E-state index < -0.39 is 0 Å². The van der Waals surface area contributed by atoms with Crippen LogP contribution in [0, 0.1) is 12.8 Å². The Hall–Kier alpha value is -2.44. The largest absolute Gasteiger partial charge is 0.462 e. The molecule has 0 saturated carbocycles. The van der Waals surface area contributed by atoms with Gasteiger partial charge in [-0.15, -0.1) is 0 Å². The summed E-state index contributed by atoms with van der Waals surface area (Å²) in [5, 5.41) is 4.25. The molecule has 0 aliphatic carbocycles. The van der Waals surface area contributed by atoms with Gasteiger partial charge in [0.05, 0.1) is 12.8 Å². The fraction of sp³-hybridized carbons (Fsp3) is 0.529. The van der Waals surface area contributed by atoms with Gasteiger partial charge in [-0.3, -0.25) is 0 Å². The third-order valence-corrected chi connectivity index (χ3v) is 4.25. The molecule has 0 bridgehead atoms. The molecule has 0 radical (unpaired) electrons. The molecule has 1 saturated heterocycles. The van der Waals surface area contributed by atoms with Crippen LogP contribution in [-0.2, 0) is 4.74 Å². The number of aromatic nitrogens is 4. The lowest BCUT2D eigenvalue weighted by Gasteiger charge is -2.32. The van der Waals surface area contributed by atoms with E-state index in [-0.39, 0.29) is 5.97 Å². The van der Waals surface area contributed by atoms with Crippen molar-refractivity contribution in [3.05, 3.63) is 29.7 Å². The zero-order chi connectivity index (χ0) is 17.1. The van der Waals surface area contributed by atoms with Gasteiger partial charge in [-0.25, -0.2) is 14.5 Å². The number of carbonyl (C=O) groups is 1. The summed E-state index contributed by atoms with van der Waals surface area (Å²) in [4.78, 5) is 23.3. The van der Waals surface area contributed by atoms with Gasteiger partial charge in [-0.1, -0.05) is 6.92 Å².